The Morgan fingerprint density at radius 3 is 1.67 bits per heavy atom. The Kier molecular flexibility index (Phi) is 38.3. The van der Waals surface area contributed by atoms with Crippen molar-refractivity contribution in [3.05, 3.63) is 10.3 Å². The standard InChI is InChI=1S/CS2.N2O/c2-1-3;1-2-3. The number of diazo groups is 1. The first-order valence-electron chi connectivity index (χ1n) is 0.791. The highest BCUT2D eigenvalue weighted by Crippen LogP contribution is 1.32. The van der Waals surface area contributed by atoms with Gasteiger partial charge in [-0.1, -0.05) is 0 Å². The smallest absolute Gasteiger partial charge is 0.237 e. The van der Waals surface area contributed by atoms with Crippen LogP contribution in [-0.4, -0.2) is 4.31 Å². The summed E-state index contributed by atoms with van der Waals surface area (Å²) in [5.41, 5.74) is 0. The Hall–Kier alpha value is -0.560. The van der Waals surface area contributed by atoms with E-state index in [-0.39, 0.29) is 0 Å². The topological polar surface area (TPSA) is 51.2 Å². The van der Waals surface area contributed by atoms with Crippen LogP contribution in [0.2, 0.25) is 0 Å². The van der Waals surface area contributed by atoms with Gasteiger partial charge in [0, 0.05) is 4.31 Å². The van der Waals surface area contributed by atoms with Crippen molar-refractivity contribution in [3.63, 3.8) is 0 Å². The third kappa shape index (κ3) is 65.3. The second kappa shape index (κ2) is 25.3. The van der Waals surface area contributed by atoms with E-state index in [2.05, 4.69) is 24.4 Å². The Balaban J connectivity index is 0. The second-order valence-corrected chi connectivity index (χ2v) is 0.832. The van der Waals surface area contributed by atoms with Gasteiger partial charge in [-0.05, 0) is 24.4 Å². The maximum atomic E-state index is 8.11. The summed E-state index contributed by atoms with van der Waals surface area (Å²) in [6.07, 6.45) is 0. The Labute approximate surface area is 45.2 Å². The van der Waals surface area contributed by atoms with E-state index in [0.29, 0.717) is 0 Å². The molecule has 0 aliphatic rings. The zero-order chi connectivity index (χ0) is 5.41. The summed E-state index contributed by atoms with van der Waals surface area (Å²) in [4.78, 5) is 0. The zero-order valence-electron chi connectivity index (χ0n) is 2.62. The van der Waals surface area contributed by atoms with E-state index in [0.717, 1.165) is 0 Å². The van der Waals surface area contributed by atoms with Gasteiger partial charge in [0.05, 0.1) is 0 Å². The predicted octanol–water partition coefficient (Wildman–Crippen LogP) is 1.36. The monoisotopic (exact) mass is 120 g/mol. The van der Waals surface area contributed by atoms with E-state index < -0.39 is 0 Å². The molecule has 0 amide bonds. The zero-order valence-corrected chi connectivity index (χ0v) is 4.25. The van der Waals surface area contributed by atoms with Gasteiger partial charge in [0.25, 0.3) is 0 Å². The lowest BCUT2D eigenvalue weighted by atomic mass is 12.0. The van der Waals surface area contributed by atoms with Crippen LogP contribution in [-0.2, 0) is 0 Å². The van der Waals surface area contributed by atoms with Gasteiger partial charge in [-0.2, -0.15) is 0 Å². The van der Waals surface area contributed by atoms with Gasteiger partial charge in [0.15, 0.2) is 0 Å². The van der Waals surface area contributed by atoms with Crippen LogP contribution in [0.15, 0.2) is 0 Å². The summed E-state index contributed by atoms with van der Waals surface area (Å²) < 4.78 is 1.92. The number of rotatable bonds is 0. The maximum Gasteiger partial charge on any atom is 0.237 e. The Morgan fingerprint density at radius 1 is 1.67 bits per heavy atom. The van der Waals surface area contributed by atoms with Gasteiger partial charge in [-0.3, -0.25) is 0 Å². The van der Waals surface area contributed by atoms with Gasteiger partial charge in [-0.15, -0.1) is 0 Å². The van der Waals surface area contributed by atoms with Gasteiger partial charge >= 0.3 is 0 Å². The van der Waals surface area contributed by atoms with E-state index in [4.69, 9.17) is 10.6 Å². The molecule has 0 aliphatic carbocycles. The summed E-state index contributed by atoms with van der Waals surface area (Å²) in [6.45, 7) is 0. The quantitative estimate of drug-likeness (QED) is 0.275. The fourth-order valence-corrected chi connectivity index (χ4v) is 0. The number of nitrogens with zero attached hydrogens (tertiary/aromatic N) is 2. The van der Waals surface area contributed by atoms with Crippen LogP contribution < -0.4 is 0 Å². The van der Waals surface area contributed by atoms with E-state index in [1.165, 1.54) is 5.14 Å². The molecule has 0 aliphatic heterocycles. The number of hydrogen-bond acceptors (Lipinski definition) is 4. The number of thiocarbonyl (C=S) groups is 2. The van der Waals surface area contributed by atoms with Crippen molar-refractivity contribution in [3.8, 4) is 0 Å². The van der Waals surface area contributed by atoms with Crippen LogP contribution in [0.1, 0.15) is 0 Å². The average molecular weight is 120 g/mol. The third-order valence-corrected chi connectivity index (χ3v) is 0. The summed E-state index contributed by atoms with van der Waals surface area (Å²) in [5, 5.41) is 16.0. The molecule has 5 heteroatoms. The molecular formula is CN2OS2. The highest BCUT2D eigenvalue weighted by Gasteiger charge is 1.19. The van der Waals surface area contributed by atoms with Crippen molar-refractivity contribution in [2.75, 3.05) is 0 Å². The van der Waals surface area contributed by atoms with E-state index in [1.54, 1.807) is 0 Å². The highest BCUT2D eigenvalue weighted by atomic mass is 32.1. The minimum atomic E-state index is 1.25. The van der Waals surface area contributed by atoms with Crippen molar-refractivity contribution in [2.24, 2.45) is 0 Å². The van der Waals surface area contributed by atoms with E-state index in [1.807, 2.05) is 4.31 Å². The lowest BCUT2D eigenvalue weighted by Gasteiger charge is -1.26. The first-order valence-corrected chi connectivity index (χ1v) is 1.61. The van der Waals surface area contributed by atoms with Gasteiger partial charge in [0.2, 0.25) is 10.5 Å². The molecule has 0 unspecified atom stereocenters. The minimum absolute atomic E-state index is 1.25. The first kappa shape index (κ1) is 9.06. The molecular weight excluding hydrogens is 120 g/mol. The average Bonchev–Trinajstić information content (AvgIpc) is 1.39. The molecule has 0 bridgehead atoms. The van der Waals surface area contributed by atoms with Crippen molar-refractivity contribution in [2.45, 2.75) is 0 Å². The Bertz CT molecular complexity index is 78.0. The van der Waals surface area contributed by atoms with Gasteiger partial charge < -0.3 is 5.21 Å². The van der Waals surface area contributed by atoms with E-state index in [9.17, 15) is 0 Å². The molecule has 0 fully saturated rings. The second-order valence-electron chi connectivity index (χ2n) is 0.165. The molecule has 0 saturated heterocycles. The molecule has 0 N–H and O–H groups in total. The normalized spacial score (nSPS) is 2.50. The molecule has 0 rings (SSSR count). The van der Waals surface area contributed by atoms with Crippen molar-refractivity contribution in [1.29, 1.82) is 5.39 Å². The first-order chi connectivity index (χ1) is 2.83. The molecule has 0 saturated carbocycles. The molecule has 0 heterocycles. The van der Waals surface area contributed by atoms with E-state index >= 15 is 0 Å². The lowest BCUT2D eigenvalue weighted by molar-refractivity contribution is 1.48. The fraction of sp³-hybridized carbons (Fsp3) is 0. The van der Waals surface area contributed by atoms with Crippen LogP contribution in [0.3, 0.4) is 0 Å². The van der Waals surface area contributed by atoms with Crippen LogP contribution >= 0.6 is 24.4 Å². The van der Waals surface area contributed by atoms with Crippen LogP contribution in [0.5, 0.6) is 0 Å². The molecule has 0 atom stereocenters. The van der Waals surface area contributed by atoms with Crippen molar-refractivity contribution < 1.29 is 0 Å². The molecule has 0 aromatic rings. The molecule has 6 heavy (non-hydrogen) atoms. The van der Waals surface area contributed by atoms with Gasteiger partial charge in [-0.25, -0.2) is 0 Å². The molecule has 0 aromatic carbocycles. The SMILES string of the molecule is N#[N+][O-].S=C=S. The molecule has 3 nitrogen and oxygen atoms in total. The third-order valence-electron chi connectivity index (χ3n) is 0. The Morgan fingerprint density at radius 2 is 1.67 bits per heavy atom. The van der Waals surface area contributed by atoms with Gasteiger partial charge in [0.1, 0.15) is 0 Å². The predicted molar refractivity (Wildman–Crippen MR) is 28.6 cm³/mol. The fourth-order valence-electron chi connectivity index (χ4n) is 0. The highest BCUT2D eigenvalue weighted by molar-refractivity contribution is 7.93. The molecule has 0 aromatic heterocycles. The molecule has 32 valence electrons. The maximum absolute atomic E-state index is 8.11. The summed E-state index contributed by atoms with van der Waals surface area (Å²) >= 11 is 7.92. The van der Waals surface area contributed by atoms with Crippen LogP contribution in [0, 0.1) is 10.6 Å². The van der Waals surface area contributed by atoms with Crippen molar-refractivity contribution in [1.82, 2.24) is 0 Å². The van der Waals surface area contributed by atoms with Crippen molar-refractivity contribution >= 4 is 28.7 Å². The lowest BCUT2D eigenvalue weighted by Crippen LogP contribution is -1.00. The summed E-state index contributed by atoms with van der Waals surface area (Å²) in [6, 6.07) is 0. The van der Waals surface area contributed by atoms with Crippen LogP contribution in [0.25, 0.3) is 5.14 Å². The summed E-state index contributed by atoms with van der Waals surface area (Å²) in [7, 11) is 0. The molecule has 0 radical (unpaired) electrons. The summed E-state index contributed by atoms with van der Waals surface area (Å²) in [5.74, 6) is 0. The number of hydrogen-bond donors (Lipinski definition) is 0. The largest absolute Gasteiger partial charge is 0.463 e. The van der Waals surface area contributed by atoms with Crippen LogP contribution in [0.4, 0.5) is 0 Å². The minimum Gasteiger partial charge on any atom is -0.463 e. The molecule has 0 spiro atoms.